The SMILES string of the molecule is CCCC(C)(NO)C(=O)OC. The number of rotatable bonds is 4. The highest BCUT2D eigenvalue weighted by atomic mass is 16.5. The van der Waals surface area contributed by atoms with Crippen LogP contribution in [0.3, 0.4) is 0 Å². The van der Waals surface area contributed by atoms with Crippen molar-refractivity contribution in [3.63, 3.8) is 0 Å². The van der Waals surface area contributed by atoms with Gasteiger partial charge in [-0.1, -0.05) is 13.3 Å². The first-order valence-corrected chi connectivity index (χ1v) is 3.60. The lowest BCUT2D eigenvalue weighted by Gasteiger charge is -2.23. The third-order valence-corrected chi connectivity index (χ3v) is 1.63. The van der Waals surface area contributed by atoms with Crippen molar-refractivity contribution in [1.82, 2.24) is 5.48 Å². The zero-order chi connectivity index (χ0) is 8.91. The first-order chi connectivity index (χ1) is 5.10. The van der Waals surface area contributed by atoms with E-state index in [1.54, 1.807) is 6.92 Å². The average Bonchev–Trinajstić information content (AvgIpc) is 2.03. The molecule has 1 atom stereocenters. The Kier molecular flexibility index (Phi) is 4.07. The second kappa shape index (κ2) is 4.31. The van der Waals surface area contributed by atoms with Crippen LogP contribution in [0.15, 0.2) is 0 Å². The summed E-state index contributed by atoms with van der Waals surface area (Å²) < 4.78 is 4.50. The normalized spacial score (nSPS) is 15.6. The quantitative estimate of drug-likeness (QED) is 0.470. The van der Waals surface area contributed by atoms with Crippen LogP contribution in [0.5, 0.6) is 0 Å². The fourth-order valence-electron chi connectivity index (χ4n) is 0.929. The molecule has 4 nitrogen and oxygen atoms in total. The molecule has 0 radical (unpaired) electrons. The topological polar surface area (TPSA) is 58.6 Å². The Labute approximate surface area is 66.5 Å². The summed E-state index contributed by atoms with van der Waals surface area (Å²) in [5.41, 5.74) is 1.00. The Bertz CT molecular complexity index is 138. The van der Waals surface area contributed by atoms with Crippen LogP contribution in [0.4, 0.5) is 0 Å². The summed E-state index contributed by atoms with van der Waals surface area (Å²) in [7, 11) is 1.30. The molecule has 0 saturated heterocycles. The first kappa shape index (κ1) is 10.4. The van der Waals surface area contributed by atoms with E-state index in [1.165, 1.54) is 7.11 Å². The first-order valence-electron chi connectivity index (χ1n) is 3.60. The lowest BCUT2D eigenvalue weighted by molar-refractivity contribution is -0.153. The van der Waals surface area contributed by atoms with Crippen molar-refractivity contribution in [3.8, 4) is 0 Å². The molecule has 11 heavy (non-hydrogen) atoms. The molecule has 0 fully saturated rings. The lowest BCUT2D eigenvalue weighted by Crippen LogP contribution is -2.48. The molecule has 0 amide bonds. The molecule has 0 aromatic heterocycles. The molecule has 0 aliphatic rings. The van der Waals surface area contributed by atoms with E-state index in [2.05, 4.69) is 4.74 Å². The highest BCUT2D eigenvalue weighted by Gasteiger charge is 2.32. The number of carbonyl (C=O) groups is 1. The van der Waals surface area contributed by atoms with E-state index in [1.807, 2.05) is 12.4 Å². The number of hydrogen-bond acceptors (Lipinski definition) is 4. The zero-order valence-corrected chi connectivity index (χ0v) is 7.18. The Morgan fingerprint density at radius 2 is 2.27 bits per heavy atom. The molecule has 0 aliphatic heterocycles. The van der Waals surface area contributed by atoms with E-state index in [9.17, 15) is 4.79 Å². The van der Waals surface area contributed by atoms with E-state index < -0.39 is 11.5 Å². The summed E-state index contributed by atoms with van der Waals surface area (Å²) >= 11 is 0. The largest absolute Gasteiger partial charge is 0.468 e. The van der Waals surface area contributed by atoms with Crippen LogP contribution in [-0.4, -0.2) is 23.8 Å². The maximum atomic E-state index is 11.0. The van der Waals surface area contributed by atoms with Gasteiger partial charge in [-0.05, 0) is 13.3 Å². The predicted octanol–water partition coefficient (Wildman–Crippen LogP) is 0.697. The van der Waals surface area contributed by atoms with Crippen LogP contribution in [-0.2, 0) is 9.53 Å². The third kappa shape index (κ3) is 2.48. The molecule has 4 heteroatoms. The van der Waals surface area contributed by atoms with Crippen molar-refractivity contribution < 1.29 is 14.7 Å². The van der Waals surface area contributed by atoms with Crippen molar-refractivity contribution in [1.29, 1.82) is 0 Å². The maximum Gasteiger partial charge on any atom is 0.328 e. The molecule has 0 aromatic rings. The molecule has 0 spiro atoms. The molecule has 0 aromatic carbocycles. The molecule has 0 bridgehead atoms. The highest BCUT2D eigenvalue weighted by Crippen LogP contribution is 2.12. The van der Waals surface area contributed by atoms with Crippen LogP contribution in [0.25, 0.3) is 0 Å². The van der Waals surface area contributed by atoms with E-state index in [-0.39, 0.29) is 0 Å². The van der Waals surface area contributed by atoms with Gasteiger partial charge in [0, 0.05) is 0 Å². The second-order valence-electron chi connectivity index (χ2n) is 2.69. The van der Waals surface area contributed by atoms with Crippen LogP contribution < -0.4 is 5.48 Å². The molecule has 66 valence electrons. The minimum absolute atomic E-state index is 0.443. The number of nitrogens with one attached hydrogen (secondary N) is 1. The Morgan fingerprint density at radius 1 is 1.73 bits per heavy atom. The van der Waals surface area contributed by atoms with Gasteiger partial charge in [0.1, 0.15) is 5.54 Å². The fourth-order valence-corrected chi connectivity index (χ4v) is 0.929. The van der Waals surface area contributed by atoms with Crippen molar-refractivity contribution >= 4 is 5.97 Å². The number of hydrogen-bond donors (Lipinski definition) is 2. The summed E-state index contributed by atoms with van der Waals surface area (Å²) in [6.07, 6.45) is 1.36. The highest BCUT2D eigenvalue weighted by molar-refractivity contribution is 5.79. The van der Waals surface area contributed by atoms with Crippen LogP contribution in [0, 0.1) is 0 Å². The number of ether oxygens (including phenoxy) is 1. The van der Waals surface area contributed by atoms with Gasteiger partial charge in [0.25, 0.3) is 0 Å². The molecule has 0 heterocycles. The smallest absolute Gasteiger partial charge is 0.328 e. The van der Waals surface area contributed by atoms with E-state index in [0.717, 1.165) is 6.42 Å². The number of methoxy groups -OCH3 is 1. The second-order valence-corrected chi connectivity index (χ2v) is 2.69. The van der Waals surface area contributed by atoms with Crippen LogP contribution in [0.2, 0.25) is 0 Å². The predicted molar refractivity (Wildman–Crippen MR) is 40.3 cm³/mol. The summed E-state index contributed by atoms with van der Waals surface area (Å²) in [6.45, 7) is 3.53. The van der Waals surface area contributed by atoms with Gasteiger partial charge in [-0.3, -0.25) is 0 Å². The minimum Gasteiger partial charge on any atom is -0.468 e. The number of hydroxylamine groups is 1. The molecule has 0 saturated carbocycles. The molecule has 1 unspecified atom stereocenters. The van der Waals surface area contributed by atoms with E-state index in [4.69, 9.17) is 5.21 Å². The third-order valence-electron chi connectivity index (χ3n) is 1.63. The standard InChI is InChI=1S/C7H15NO3/c1-4-5-7(2,8-10)6(9)11-3/h8,10H,4-5H2,1-3H3. The summed E-state index contributed by atoms with van der Waals surface area (Å²) in [4.78, 5) is 11.0. The van der Waals surface area contributed by atoms with Gasteiger partial charge in [0.05, 0.1) is 7.11 Å². The van der Waals surface area contributed by atoms with Gasteiger partial charge < -0.3 is 9.94 Å². The Balaban J connectivity index is 4.19. The molecular formula is C7H15NO3. The van der Waals surface area contributed by atoms with Gasteiger partial charge in [-0.15, -0.1) is 0 Å². The molecule has 0 rings (SSSR count). The minimum atomic E-state index is -0.955. The molecule has 2 N–H and O–H groups in total. The van der Waals surface area contributed by atoms with Crippen molar-refractivity contribution in [3.05, 3.63) is 0 Å². The molecular weight excluding hydrogens is 146 g/mol. The van der Waals surface area contributed by atoms with E-state index in [0.29, 0.717) is 6.42 Å². The Hall–Kier alpha value is -0.610. The monoisotopic (exact) mass is 161 g/mol. The van der Waals surface area contributed by atoms with Crippen molar-refractivity contribution in [2.45, 2.75) is 32.2 Å². The van der Waals surface area contributed by atoms with Gasteiger partial charge in [-0.25, -0.2) is 4.79 Å². The zero-order valence-electron chi connectivity index (χ0n) is 7.18. The van der Waals surface area contributed by atoms with Gasteiger partial charge in [-0.2, -0.15) is 5.48 Å². The van der Waals surface area contributed by atoms with Gasteiger partial charge in [0.15, 0.2) is 0 Å². The average molecular weight is 161 g/mol. The lowest BCUT2D eigenvalue weighted by atomic mass is 9.98. The maximum absolute atomic E-state index is 11.0. The summed E-state index contributed by atoms with van der Waals surface area (Å²) in [6, 6.07) is 0. The summed E-state index contributed by atoms with van der Waals surface area (Å²) in [5, 5.41) is 8.67. The Morgan fingerprint density at radius 3 is 2.55 bits per heavy atom. The van der Waals surface area contributed by atoms with Crippen molar-refractivity contribution in [2.24, 2.45) is 0 Å². The molecule has 0 aliphatic carbocycles. The van der Waals surface area contributed by atoms with Gasteiger partial charge in [0.2, 0.25) is 0 Å². The van der Waals surface area contributed by atoms with Crippen LogP contribution in [0.1, 0.15) is 26.7 Å². The number of carbonyl (C=O) groups excluding carboxylic acids is 1. The van der Waals surface area contributed by atoms with Crippen molar-refractivity contribution in [2.75, 3.05) is 7.11 Å². The van der Waals surface area contributed by atoms with Crippen LogP contribution >= 0.6 is 0 Å². The summed E-state index contributed by atoms with van der Waals surface area (Å²) in [5.74, 6) is -0.443. The number of esters is 1. The fraction of sp³-hybridized carbons (Fsp3) is 0.857. The van der Waals surface area contributed by atoms with Gasteiger partial charge >= 0.3 is 5.97 Å². The van der Waals surface area contributed by atoms with E-state index >= 15 is 0 Å².